The minimum atomic E-state index is 0.950. The van der Waals surface area contributed by atoms with Crippen molar-refractivity contribution in [2.24, 2.45) is 0 Å². The Morgan fingerprint density at radius 1 is 0.783 bits per heavy atom. The zero-order valence-corrected chi connectivity index (χ0v) is 13.6. The van der Waals surface area contributed by atoms with Crippen molar-refractivity contribution in [1.29, 1.82) is 0 Å². The number of aromatic nitrogens is 3. The lowest BCUT2D eigenvalue weighted by Gasteiger charge is -2.10. The van der Waals surface area contributed by atoms with Crippen LogP contribution in [0.4, 0.5) is 0 Å². The molecule has 2 heterocycles. The minimum absolute atomic E-state index is 0.950. The van der Waals surface area contributed by atoms with Crippen molar-refractivity contribution in [3.05, 3.63) is 71.8 Å². The van der Waals surface area contributed by atoms with E-state index in [2.05, 4.69) is 83.0 Å². The largest absolute Gasteiger partial charge is 0.342 e. The molecule has 0 bridgehead atoms. The molecule has 0 atom stereocenters. The van der Waals surface area contributed by atoms with Gasteiger partial charge in [-0.2, -0.15) is 0 Å². The van der Waals surface area contributed by atoms with Crippen molar-refractivity contribution in [2.75, 3.05) is 0 Å². The van der Waals surface area contributed by atoms with E-state index in [4.69, 9.17) is 0 Å². The van der Waals surface area contributed by atoms with Crippen LogP contribution in [0.3, 0.4) is 0 Å². The van der Waals surface area contributed by atoms with Crippen molar-refractivity contribution in [3.63, 3.8) is 0 Å². The molecular weight excluding hydrogens is 282 g/mol. The van der Waals surface area contributed by atoms with Crippen molar-refractivity contribution in [2.45, 2.75) is 20.8 Å². The molecule has 0 aliphatic carbocycles. The molecule has 4 aromatic rings. The lowest BCUT2D eigenvalue weighted by atomic mass is 10.0. The number of H-pyrrole nitrogens is 1. The number of hydrogen-bond acceptors (Lipinski definition) is 1. The monoisotopic (exact) mass is 301 g/mol. The predicted octanol–water partition coefficient (Wildman–Crippen LogP) is 4.95. The van der Waals surface area contributed by atoms with Crippen LogP contribution in [-0.4, -0.2) is 14.5 Å². The molecule has 0 radical (unpaired) electrons. The quantitative estimate of drug-likeness (QED) is 0.558. The molecule has 2 aromatic heterocycles. The normalized spacial score (nSPS) is 11.3. The zero-order valence-electron chi connectivity index (χ0n) is 13.6. The summed E-state index contributed by atoms with van der Waals surface area (Å²) in [7, 11) is 0. The summed E-state index contributed by atoms with van der Waals surface area (Å²) in [5.74, 6) is 0.950. The Labute approximate surface area is 135 Å². The summed E-state index contributed by atoms with van der Waals surface area (Å²) in [6, 6.07) is 19.4. The molecule has 0 aliphatic heterocycles. The average molecular weight is 301 g/mol. The van der Waals surface area contributed by atoms with E-state index >= 15 is 0 Å². The first kappa shape index (κ1) is 13.8. The second-order valence-corrected chi connectivity index (χ2v) is 6.05. The van der Waals surface area contributed by atoms with E-state index in [0.717, 1.165) is 16.9 Å². The van der Waals surface area contributed by atoms with E-state index in [1.165, 1.54) is 28.2 Å². The Bertz CT molecular complexity index is 968. The molecule has 0 amide bonds. The molecular formula is C20H19N3. The number of imidazole rings is 1. The average Bonchev–Trinajstić information content (AvgIpc) is 3.08. The first-order valence-electron chi connectivity index (χ1n) is 7.84. The second-order valence-electron chi connectivity index (χ2n) is 6.05. The van der Waals surface area contributed by atoms with Crippen LogP contribution in [0.5, 0.6) is 0 Å². The van der Waals surface area contributed by atoms with Crippen molar-refractivity contribution < 1.29 is 0 Å². The van der Waals surface area contributed by atoms with Crippen molar-refractivity contribution >= 4 is 11.0 Å². The molecule has 2 aromatic carbocycles. The number of nitrogens with zero attached hydrogens (tertiary/aromatic N) is 2. The summed E-state index contributed by atoms with van der Waals surface area (Å²) in [6.45, 7) is 6.25. The van der Waals surface area contributed by atoms with Crippen LogP contribution in [-0.2, 0) is 0 Å². The van der Waals surface area contributed by atoms with E-state index in [1.54, 1.807) is 0 Å². The van der Waals surface area contributed by atoms with Gasteiger partial charge in [-0.05, 0) is 68.3 Å². The van der Waals surface area contributed by atoms with Crippen molar-refractivity contribution in [3.8, 4) is 16.8 Å². The first-order chi connectivity index (χ1) is 11.1. The Kier molecular flexibility index (Phi) is 3.08. The number of aromatic amines is 1. The SMILES string of the molecule is Cc1nc2ccc(-c3ccc(-n4c(C)ccc4C)cc3)cc2[nH]1. The highest BCUT2D eigenvalue weighted by molar-refractivity contribution is 5.82. The van der Waals surface area contributed by atoms with Gasteiger partial charge in [-0.1, -0.05) is 18.2 Å². The Morgan fingerprint density at radius 2 is 1.43 bits per heavy atom. The number of hydrogen-bond donors (Lipinski definition) is 1. The molecule has 23 heavy (non-hydrogen) atoms. The molecule has 3 nitrogen and oxygen atoms in total. The summed E-state index contributed by atoms with van der Waals surface area (Å²) in [5, 5.41) is 0. The maximum Gasteiger partial charge on any atom is 0.104 e. The van der Waals surface area contributed by atoms with Gasteiger partial charge >= 0.3 is 0 Å². The fraction of sp³-hybridized carbons (Fsp3) is 0.150. The van der Waals surface area contributed by atoms with Gasteiger partial charge in [0.1, 0.15) is 5.82 Å². The van der Waals surface area contributed by atoms with E-state index < -0.39 is 0 Å². The molecule has 0 fully saturated rings. The van der Waals surface area contributed by atoms with Crippen LogP contribution in [0.2, 0.25) is 0 Å². The molecule has 0 saturated carbocycles. The van der Waals surface area contributed by atoms with E-state index in [-0.39, 0.29) is 0 Å². The zero-order chi connectivity index (χ0) is 16.0. The lowest BCUT2D eigenvalue weighted by Crippen LogP contribution is -1.98. The van der Waals surface area contributed by atoms with E-state index in [0.29, 0.717) is 0 Å². The minimum Gasteiger partial charge on any atom is -0.342 e. The number of benzene rings is 2. The van der Waals surface area contributed by atoms with Crippen molar-refractivity contribution in [1.82, 2.24) is 14.5 Å². The third-order valence-corrected chi connectivity index (χ3v) is 4.33. The molecule has 1 N–H and O–H groups in total. The number of rotatable bonds is 2. The number of fused-ring (bicyclic) bond motifs is 1. The Balaban J connectivity index is 1.74. The summed E-state index contributed by atoms with van der Waals surface area (Å²) < 4.78 is 2.27. The van der Waals surface area contributed by atoms with E-state index in [9.17, 15) is 0 Å². The Morgan fingerprint density at radius 3 is 2.13 bits per heavy atom. The summed E-state index contributed by atoms with van der Waals surface area (Å²) in [6.07, 6.45) is 0. The fourth-order valence-corrected chi connectivity index (χ4v) is 3.20. The van der Waals surface area contributed by atoms with Gasteiger partial charge in [0.15, 0.2) is 0 Å². The van der Waals surface area contributed by atoms with Crippen LogP contribution in [0.25, 0.3) is 27.8 Å². The maximum absolute atomic E-state index is 4.46. The second kappa shape index (κ2) is 5.13. The van der Waals surface area contributed by atoms with Gasteiger partial charge in [0, 0.05) is 17.1 Å². The summed E-state index contributed by atoms with van der Waals surface area (Å²) in [5.41, 5.74) is 8.23. The molecule has 114 valence electrons. The smallest absolute Gasteiger partial charge is 0.104 e. The Hall–Kier alpha value is -2.81. The van der Waals surface area contributed by atoms with Crippen LogP contribution < -0.4 is 0 Å². The van der Waals surface area contributed by atoms with Crippen LogP contribution in [0.1, 0.15) is 17.2 Å². The third-order valence-electron chi connectivity index (χ3n) is 4.33. The van der Waals surface area contributed by atoms with Gasteiger partial charge in [0.25, 0.3) is 0 Å². The summed E-state index contributed by atoms with van der Waals surface area (Å²) >= 11 is 0. The third kappa shape index (κ3) is 2.34. The first-order valence-corrected chi connectivity index (χ1v) is 7.84. The highest BCUT2D eigenvalue weighted by Crippen LogP contribution is 2.25. The molecule has 0 aliphatic rings. The summed E-state index contributed by atoms with van der Waals surface area (Å²) in [4.78, 5) is 7.76. The number of nitrogens with one attached hydrogen (secondary N) is 1. The van der Waals surface area contributed by atoms with Crippen LogP contribution >= 0.6 is 0 Å². The van der Waals surface area contributed by atoms with Crippen LogP contribution in [0, 0.1) is 20.8 Å². The van der Waals surface area contributed by atoms with Gasteiger partial charge in [0.2, 0.25) is 0 Å². The van der Waals surface area contributed by atoms with Gasteiger partial charge in [-0.3, -0.25) is 0 Å². The van der Waals surface area contributed by atoms with Gasteiger partial charge in [-0.25, -0.2) is 4.98 Å². The number of aryl methyl sites for hydroxylation is 3. The standard InChI is InChI=1S/C20H19N3/c1-13-4-5-14(2)23(13)18-9-6-16(7-10-18)17-8-11-19-20(12-17)22-15(3)21-19/h4-12H,1-3H3,(H,21,22). The fourth-order valence-electron chi connectivity index (χ4n) is 3.20. The molecule has 4 rings (SSSR count). The van der Waals surface area contributed by atoms with Gasteiger partial charge in [0.05, 0.1) is 11.0 Å². The van der Waals surface area contributed by atoms with Crippen LogP contribution in [0.15, 0.2) is 54.6 Å². The molecule has 3 heteroatoms. The molecule has 0 spiro atoms. The van der Waals surface area contributed by atoms with Gasteiger partial charge < -0.3 is 9.55 Å². The van der Waals surface area contributed by atoms with E-state index in [1.807, 2.05) is 6.92 Å². The maximum atomic E-state index is 4.46. The highest BCUT2D eigenvalue weighted by atomic mass is 15.0. The predicted molar refractivity (Wildman–Crippen MR) is 95.1 cm³/mol. The highest BCUT2D eigenvalue weighted by Gasteiger charge is 2.06. The lowest BCUT2D eigenvalue weighted by molar-refractivity contribution is 0.966. The van der Waals surface area contributed by atoms with Gasteiger partial charge in [-0.15, -0.1) is 0 Å². The molecule has 0 unspecified atom stereocenters. The topological polar surface area (TPSA) is 33.6 Å². The molecule has 0 saturated heterocycles.